The number of rotatable bonds is 3. The van der Waals surface area contributed by atoms with E-state index in [4.69, 9.17) is 0 Å². The third-order valence-electron chi connectivity index (χ3n) is 5.55. The molecule has 1 fully saturated rings. The average molecular weight is 378 g/mol. The molecule has 2 aromatic carbocycles. The molecule has 0 atom stereocenters. The van der Waals surface area contributed by atoms with Crippen LogP contribution < -0.4 is 10.2 Å². The van der Waals surface area contributed by atoms with Crippen LogP contribution >= 0.6 is 0 Å². The summed E-state index contributed by atoms with van der Waals surface area (Å²) < 4.78 is 0. The number of nitrogens with zero attached hydrogens (tertiary/aromatic N) is 3. The lowest BCUT2D eigenvalue weighted by molar-refractivity contribution is -0.131. The third kappa shape index (κ3) is 3.81. The van der Waals surface area contributed by atoms with Crippen molar-refractivity contribution in [2.24, 2.45) is 0 Å². The minimum Gasteiger partial charge on any atom is -0.368 e. The van der Waals surface area contributed by atoms with Crippen LogP contribution in [0.1, 0.15) is 24.5 Å². The molecule has 0 bridgehead atoms. The zero-order valence-electron chi connectivity index (χ0n) is 16.2. The predicted octanol–water partition coefficient (Wildman–Crippen LogP) is 3.29. The Bertz CT molecular complexity index is 832. The summed E-state index contributed by atoms with van der Waals surface area (Å²) in [5.41, 5.74) is 4.35. The molecule has 3 amide bonds. The molecule has 0 aliphatic carbocycles. The molecule has 4 rings (SSSR count). The molecule has 1 saturated heterocycles. The van der Waals surface area contributed by atoms with Gasteiger partial charge in [0, 0.05) is 57.1 Å². The summed E-state index contributed by atoms with van der Waals surface area (Å²) in [4.78, 5) is 30.4. The van der Waals surface area contributed by atoms with Crippen molar-refractivity contribution in [3.05, 3.63) is 59.7 Å². The van der Waals surface area contributed by atoms with Gasteiger partial charge < -0.3 is 20.0 Å². The third-order valence-corrected chi connectivity index (χ3v) is 5.55. The van der Waals surface area contributed by atoms with Crippen LogP contribution in [0.15, 0.2) is 48.5 Å². The average Bonchev–Trinajstić information content (AvgIpc) is 3.18. The minimum absolute atomic E-state index is 0.0735. The summed E-state index contributed by atoms with van der Waals surface area (Å²) in [6.07, 6.45) is 0.566. The summed E-state index contributed by atoms with van der Waals surface area (Å²) in [6.45, 7) is 6.42. The van der Waals surface area contributed by atoms with Crippen LogP contribution in [0.3, 0.4) is 0 Å². The second-order valence-electron chi connectivity index (χ2n) is 7.32. The molecule has 0 saturated carbocycles. The molecule has 2 aliphatic heterocycles. The van der Waals surface area contributed by atoms with Gasteiger partial charge in [0.25, 0.3) is 0 Å². The highest BCUT2D eigenvalue weighted by Gasteiger charge is 2.23. The Balaban J connectivity index is 1.32. The highest BCUT2D eigenvalue weighted by Crippen LogP contribution is 2.24. The number of anilines is 2. The maximum absolute atomic E-state index is 12.6. The lowest BCUT2D eigenvalue weighted by Crippen LogP contribution is -2.48. The van der Waals surface area contributed by atoms with Crippen molar-refractivity contribution in [2.45, 2.75) is 26.4 Å². The van der Waals surface area contributed by atoms with Gasteiger partial charge in [-0.15, -0.1) is 0 Å². The molecule has 0 spiro atoms. The molecule has 6 heteroatoms. The number of nitrogens with one attached hydrogen (secondary N) is 1. The lowest BCUT2D eigenvalue weighted by atomic mass is 10.1. The van der Waals surface area contributed by atoms with Crippen LogP contribution in [-0.4, -0.2) is 47.9 Å². The smallest absolute Gasteiger partial charge is 0.322 e. The first-order valence-corrected chi connectivity index (χ1v) is 9.89. The lowest BCUT2D eigenvalue weighted by Gasteiger charge is -2.36. The van der Waals surface area contributed by atoms with Gasteiger partial charge in [0.2, 0.25) is 5.91 Å². The van der Waals surface area contributed by atoms with Crippen molar-refractivity contribution in [3.63, 3.8) is 0 Å². The zero-order chi connectivity index (χ0) is 19.5. The molecule has 0 unspecified atom stereocenters. The highest BCUT2D eigenvalue weighted by atomic mass is 16.2. The Morgan fingerprint density at radius 2 is 1.46 bits per heavy atom. The van der Waals surface area contributed by atoms with Crippen LogP contribution in [0.4, 0.5) is 16.2 Å². The Morgan fingerprint density at radius 3 is 2.04 bits per heavy atom. The molecule has 2 aromatic rings. The van der Waals surface area contributed by atoms with E-state index < -0.39 is 0 Å². The van der Waals surface area contributed by atoms with E-state index in [1.807, 2.05) is 53.1 Å². The first-order chi connectivity index (χ1) is 13.6. The summed E-state index contributed by atoms with van der Waals surface area (Å²) in [6, 6.07) is 16.1. The van der Waals surface area contributed by atoms with Gasteiger partial charge in [-0.25, -0.2) is 4.79 Å². The van der Waals surface area contributed by atoms with E-state index in [9.17, 15) is 9.59 Å². The molecule has 28 heavy (non-hydrogen) atoms. The van der Waals surface area contributed by atoms with Crippen molar-refractivity contribution in [2.75, 3.05) is 36.4 Å². The quantitative estimate of drug-likeness (QED) is 0.892. The number of benzene rings is 2. The number of hydrogen-bond donors (Lipinski definition) is 1. The van der Waals surface area contributed by atoms with Crippen LogP contribution in [-0.2, 0) is 17.9 Å². The topological polar surface area (TPSA) is 55.9 Å². The highest BCUT2D eigenvalue weighted by molar-refractivity contribution is 5.90. The maximum atomic E-state index is 12.6. The summed E-state index contributed by atoms with van der Waals surface area (Å²) in [7, 11) is 0. The van der Waals surface area contributed by atoms with Crippen molar-refractivity contribution in [3.8, 4) is 0 Å². The summed E-state index contributed by atoms with van der Waals surface area (Å²) in [5, 5.41) is 2.99. The van der Waals surface area contributed by atoms with Gasteiger partial charge in [-0.1, -0.05) is 31.2 Å². The van der Waals surface area contributed by atoms with Crippen molar-refractivity contribution in [1.82, 2.24) is 9.80 Å². The summed E-state index contributed by atoms with van der Waals surface area (Å²) >= 11 is 0. The van der Waals surface area contributed by atoms with Gasteiger partial charge in [0.1, 0.15) is 0 Å². The normalized spacial score (nSPS) is 16.1. The Hall–Kier alpha value is -3.02. The van der Waals surface area contributed by atoms with Gasteiger partial charge >= 0.3 is 6.03 Å². The van der Waals surface area contributed by atoms with E-state index in [1.165, 1.54) is 11.1 Å². The van der Waals surface area contributed by atoms with Gasteiger partial charge in [-0.3, -0.25) is 4.79 Å². The molecular weight excluding hydrogens is 352 g/mol. The second kappa shape index (κ2) is 7.92. The fraction of sp³-hybridized carbons (Fsp3) is 0.364. The number of hydrogen-bond acceptors (Lipinski definition) is 3. The second-order valence-corrected chi connectivity index (χ2v) is 7.32. The van der Waals surface area contributed by atoms with Gasteiger partial charge in [-0.2, -0.15) is 0 Å². The monoisotopic (exact) mass is 378 g/mol. The van der Waals surface area contributed by atoms with E-state index in [1.54, 1.807) is 0 Å². The molecule has 0 radical (unpaired) electrons. The van der Waals surface area contributed by atoms with E-state index in [2.05, 4.69) is 22.3 Å². The Labute approximate surface area is 165 Å². The molecule has 2 heterocycles. The molecule has 0 aromatic heterocycles. The number of carbonyl (C=O) groups is 2. The van der Waals surface area contributed by atoms with Crippen LogP contribution in [0, 0.1) is 0 Å². The SMILES string of the molecule is CCC(=O)N1CCN(c2ccc(NC(=O)N3Cc4ccccc4C3)cc2)CC1. The number of carbonyl (C=O) groups excluding carboxylic acids is 2. The molecule has 1 N–H and O–H groups in total. The van der Waals surface area contributed by atoms with E-state index in [0.29, 0.717) is 19.5 Å². The fourth-order valence-corrected chi connectivity index (χ4v) is 3.87. The van der Waals surface area contributed by atoms with E-state index in [-0.39, 0.29) is 11.9 Å². The van der Waals surface area contributed by atoms with E-state index >= 15 is 0 Å². The summed E-state index contributed by atoms with van der Waals surface area (Å²) in [5.74, 6) is 0.224. The van der Waals surface area contributed by atoms with Crippen LogP contribution in [0.5, 0.6) is 0 Å². The van der Waals surface area contributed by atoms with Crippen LogP contribution in [0.2, 0.25) is 0 Å². The van der Waals surface area contributed by atoms with Gasteiger partial charge in [0.15, 0.2) is 0 Å². The number of piperazine rings is 1. The Kier molecular flexibility index (Phi) is 5.19. The molecular formula is C22H26N4O2. The van der Waals surface area contributed by atoms with Crippen molar-refractivity contribution in [1.29, 1.82) is 0 Å². The number of amides is 3. The molecule has 2 aliphatic rings. The fourth-order valence-electron chi connectivity index (χ4n) is 3.87. The largest absolute Gasteiger partial charge is 0.368 e. The first kappa shape index (κ1) is 18.3. The van der Waals surface area contributed by atoms with E-state index in [0.717, 1.165) is 37.6 Å². The van der Waals surface area contributed by atoms with Crippen molar-refractivity contribution < 1.29 is 9.59 Å². The first-order valence-electron chi connectivity index (χ1n) is 9.89. The standard InChI is InChI=1S/C22H26N4O2/c1-2-21(27)25-13-11-24(12-14-25)20-9-7-19(8-10-20)23-22(28)26-15-17-5-3-4-6-18(17)16-26/h3-10H,2,11-16H2,1H3,(H,23,28). The van der Waals surface area contributed by atoms with Crippen LogP contribution in [0.25, 0.3) is 0 Å². The minimum atomic E-state index is -0.0735. The predicted molar refractivity (Wildman–Crippen MR) is 110 cm³/mol. The number of urea groups is 1. The number of fused-ring (bicyclic) bond motifs is 1. The van der Waals surface area contributed by atoms with Gasteiger partial charge in [-0.05, 0) is 35.4 Å². The molecule has 6 nitrogen and oxygen atoms in total. The zero-order valence-corrected chi connectivity index (χ0v) is 16.2. The molecule has 146 valence electrons. The maximum Gasteiger partial charge on any atom is 0.322 e. The Morgan fingerprint density at radius 1 is 0.857 bits per heavy atom. The van der Waals surface area contributed by atoms with Crippen molar-refractivity contribution >= 4 is 23.3 Å². The van der Waals surface area contributed by atoms with Gasteiger partial charge in [0.05, 0.1) is 0 Å².